The Bertz CT molecular complexity index is 1170. The quantitative estimate of drug-likeness (QED) is 0.447. The van der Waals surface area contributed by atoms with E-state index in [9.17, 15) is 18.0 Å². The zero-order valence-electron chi connectivity index (χ0n) is 14.7. The topological polar surface area (TPSA) is 83.8 Å². The molecule has 0 saturated heterocycles. The number of fused-ring (bicyclic) bond motifs is 1. The first-order valence-corrected chi connectivity index (χ1v) is 9.38. The predicted octanol–water partition coefficient (Wildman–Crippen LogP) is 4.97. The number of para-hydroxylation sites is 1. The van der Waals surface area contributed by atoms with E-state index in [4.69, 9.17) is 4.42 Å². The third-order valence-corrected chi connectivity index (χ3v) is 4.84. The lowest BCUT2D eigenvalue weighted by atomic mass is 10.2. The summed E-state index contributed by atoms with van der Waals surface area (Å²) in [6, 6.07) is 12.1. The summed E-state index contributed by atoms with van der Waals surface area (Å²) in [4.78, 5) is 15.2. The van der Waals surface area contributed by atoms with E-state index >= 15 is 0 Å². The molecule has 4 rings (SSSR count). The number of halogens is 3. The summed E-state index contributed by atoms with van der Waals surface area (Å²) in [5, 5.41) is 11.4. The van der Waals surface area contributed by atoms with Gasteiger partial charge in [-0.25, -0.2) is 0 Å². The molecule has 2 aromatic heterocycles. The highest BCUT2D eigenvalue weighted by Gasteiger charge is 2.30. The molecule has 10 heteroatoms. The van der Waals surface area contributed by atoms with Gasteiger partial charge in [0.2, 0.25) is 5.91 Å². The van der Waals surface area contributed by atoms with Gasteiger partial charge in [-0.2, -0.15) is 13.2 Å². The molecule has 0 fully saturated rings. The first-order chi connectivity index (χ1) is 13.9. The highest BCUT2D eigenvalue weighted by Crippen LogP contribution is 2.31. The molecular formula is C19H13F3N4O2S. The van der Waals surface area contributed by atoms with Crippen molar-refractivity contribution in [3.8, 4) is 11.5 Å². The molecule has 0 spiro atoms. The van der Waals surface area contributed by atoms with E-state index in [1.54, 1.807) is 6.20 Å². The van der Waals surface area contributed by atoms with Crippen LogP contribution in [0.25, 0.3) is 22.4 Å². The van der Waals surface area contributed by atoms with Gasteiger partial charge < -0.3 is 14.7 Å². The summed E-state index contributed by atoms with van der Waals surface area (Å²) < 4.78 is 43.8. The monoisotopic (exact) mass is 418 g/mol. The SMILES string of the molecule is O=C(CSc1nnc(-c2c[nH]c3ccccc23)o1)Nc1cccc(C(F)(F)F)c1. The smallest absolute Gasteiger partial charge is 0.411 e. The maximum Gasteiger partial charge on any atom is 0.416 e. The van der Waals surface area contributed by atoms with Gasteiger partial charge in [0.25, 0.3) is 11.1 Å². The fourth-order valence-corrected chi connectivity index (χ4v) is 3.29. The number of benzene rings is 2. The lowest BCUT2D eigenvalue weighted by Crippen LogP contribution is -2.15. The van der Waals surface area contributed by atoms with Gasteiger partial charge in [0.1, 0.15) is 0 Å². The number of aromatic amines is 1. The second-order valence-corrected chi connectivity index (χ2v) is 6.96. The third-order valence-electron chi connectivity index (χ3n) is 4.03. The minimum absolute atomic E-state index is 0.0652. The van der Waals surface area contributed by atoms with Crippen LogP contribution in [0.4, 0.5) is 18.9 Å². The van der Waals surface area contributed by atoms with Crippen molar-refractivity contribution in [1.29, 1.82) is 0 Å². The van der Waals surface area contributed by atoms with Crippen molar-refractivity contribution in [3.63, 3.8) is 0 Å². The molecule has 2 heterocycles. The fourth-order valence-electron chi connectivity index (χ4n) is 2.72. The molecule has 6 nitrogen and oxygen atoms in total. The highest BCUT2D eigenvalue weighted by atomic mass is 32.2. The lowest BCUT2D eigenvalue weighted by molar-refractivity contribution is -0.137. The minimum atomic E-state index is -4.47. The minimum Gasteiger partial charge on any atom is -0.411 e. The van der Waals surface area contributed by atoms with Crippen molar-refractivity contribution in [2.75, 3.05) is 11.1 Å². The summed E-state index contributed by atoms with van der Waals surface area (Å²) in [6.07, 6.45) is -2.72. The number of hydrogen-bond acceptors (Lipinski definition) is 5. The molecule has 0 aliphatic rings. The zero-order valence-corrected chi connectivity index (χ0v) is 15.5. The maximum absolute atomic E-state index is 12.7. The Labute approximate surface area is 166 Å². The van der Waals surface area contributed by atoms with Crippen molar-refractivity contribution in [2.24, 2.45) is 0 Å². The summed E-state index contributed by atoms with van der Waals surface area (Å²) in [6.45, 7) is 0. The fraction of sp³-hybridized carbons (Fsp3) is 0.105. The van der Waals surface area contributed by atoms with Crippen LogP contribution in [0.5, 0.6) is 0 Å². The Kier molecular flexibility index (Phi) is 5.01. The van der Waals surface area contributed by atoms with Crippen molar-refractivity contribution in [3.05, 3.63) is 60.3 Å². The molecule has 148 valence electrons. The molecule has 4 aromatic rings. The molecule has 0 radical (unpaired) electrons. The number of carbonyl (C=O) groups excluding carboxylic acids is 1. The molecular weight excluding hydrogens is 405 g/mol. The molecule has 29 heavy (non-hydrogen) atoms. The van der Waals surface area contributed by atoms with Crippen LogP contribution >= 0.6 is 11.8 Å². The van der Waals surface area contributed by atoms with Crippen molar-refractivity contribution in [1.82, 2.24) is 15.2 Å². The zero-order chi connectivity index (χ0) is 20.4. The average molecular weight is 418 g/mol. The van der Waals surface area contributed by atoms with E-state index in [2.05, 4.69) is 20.5 Å². The third kappa shape index (κ3) is 4.27. The van der Waals surface area contributed by atoms with Crippen molar-refractivity contribution < 1.29 is 22.4 Å². The average Bonchev–Trinajstić information content (AvgIpc) is 3.32. The number of nitrogens with zero attached hydrogens (tertiary/aromatic N) is 2. The second kappa shape index (κ2) is 7.63. The van der Waals surface area contributed by atoms with Crippen molar-refractivity contribution >= 4 is 34.3 Å². The van der Waals surface area contributed by atoms with E-state index in [0.717, 1.165) is 40.4 Å². The number of H-pyrrole nitrogens is 1. The standard InChI is InChI=1S/C19H13F3N4O2S/c20-19(21,22)11-4-3-5-12(8-11)24-16(27)10-29-18-26-25-17(28-18)14-9-23-15-7-2-1-6-13(14)15/h1-9,23H,10H2,(H,24,27). The molecule has 2 N–H and O–H groups in total. The van der Waals surface area contributed by atoms with Crippen LogP contribution in [0.2, 0.25) is 0 Å². The first-order valence-electron chi connectivity index (χ1n) is 8.40. The van der Waals surface area contributed by atoms with Gasteiger partial charge in [-0.15, -0.1) is 10.2 Å². The van der Waals surface area contributed by atoms with Gasteiger partial charge in [0.15, 0.2) is 0 Å². The van der Waals surface area contributed by atoms with E-state index in [-0.39, 0.29) is 16.7 Å². The summed E-state index contributed by atoms with van der Waals surface area (Å²) in [7, 11) is 0. The number of anilines is 1. The molecule has 0 bridgehead atoms. The number of alkyl halides is 3. The Balaban J connectivity index is 1.39. The summed E-state index contributed by atoms with van der Waals surface area (Å²) >= 11 is 0.996. The molecule has 0 saturated carbocycles. The number of nitrogens with one attached hydrogen (secondary N) is 2. The Hall–Kier alpha value is -3.27. The van der Waals surface area contributed by atoms with Gasteiger partial charge in [0.05, 0.1) is 16.9 Å². The van der Waals surface area contributed by atoms with Crippen LogP contribution in [-0.2, 0) is 11.0 Å². The van der Waals surface area contributed by atoms with Crippen LogP contribution < -0.4 is 5.32 Å². The van der Waals surface area contributed by atoms with Gasteiger partial charge >= 0.3 is 6.18 Å². The lowest BCUT2D eigenvalue weighted by Gasteiger charge is -2.09. The molecule has 0 aliphatic heterocycles. The normalized spacial score (nSPS) is 11.7. The molecule has 2 aromatic carbocycles. The molecule has 0 unspecified atom stereocenters. The number of carbonyl (C=O) groups is 1. The highest BCUT2D eigenvalue weighted by molar-refractivity contribution is 7.99. The Morgan fingerprint density at radius 2 is 1.97 bits per heavy atom. The molecule has 1 amide bonds. The van der Waals surface area contributed by atoms with Crippen LogP contribution in [0, 0.1) is 0 Å². The Morgan fingerprint density at radius 3 is 2.79 bits per heavy atom. The number of rotatable bonds is 5. The van der Waals surface area contributed by atoms with Crippen molar-refractivity contribution in [2.45, 2.75) is 11.4 Å². The van der Waals surface area contributed by atoms with Crippen LogP contribution in [0.15, 0.2) is 64.4 Å². The largest absolute Gasteiger partial charge is 0.416 e. The van der Waals surface area contributed by atoms with E-state index < -0.39 is 17.6 Å². The number of hydrogen-bond donors (Lipinski definition) is 2. The van der Waals surface area contributed by atoms with Gasteiger partial charge in [-0.3, -0.25) is 4.79 Å². The number of amides is 1. The maximum atomic E-state index is 12.7. The first kappa shape index (κ1) is 19.1. The number of thioether (sulfide) groups is 1. The van der Waals surface area contributed by atoms with E-state index in [1.165, 1.54) is 12.1 Å². The van der Waals surface area contributed by atoms with Gasteiger partial charge in [0, 0.05) is 22.8 Å². The van der Waals surface area contributed by atoms with Crippen LogP contribution in [-0.4, -0.2) is 26.8 Å². The molecule has 0 aliphatic carbocycles. The summed E-state index contributed by atoms with van der Waals surface area (Å²) in [5.41, 5.74) is 0.905. The van der Waals surface area contributed by atoms with E-state index in [1.807, 2.05) is 24.3 Å². The van der Waals surface area contributed by atoms with Crippen LogP contribution in [0.3, 0.4) is 0 Å². The van der Waals surface area contributed by atoms with Gasteiger partial charge in [-0.05, 0) is 24.3 Å². The van der Waals surface area contributed by atoms with E-state index in [0.29, 0.717) is 5.89 Å². The van der Waals surface area contributed by atoms with Gasteiger partial charge in [-0.1, -0.05) is 36.0 Å². The summed E-state index contributed by atoms with van der Waals surface area (Å²) in [5.74, 6) is -0.268. The van der Waals surface area contributed by atoms with Crippen LogP contribution in [0.1, 0.15) is 5.56 Å². The Morgan fingerprint density at radius 1 is 1.14 bits per heavy atom. The number of aromatic nitrogens is 3. The molecule has 0 atom stereocenters. The second-order valence-electron chi connectivity index (χ2n) is 6.04. The predicted molar refractivity (Wildman–Crippen MR) is 102 cm³/mol.